The lowest BCUT2D eigenvalue weighted by atomic mass is 10.1. The number of anilines is 1. The van der Waals surface area contributed by atoms with Gasteiger partial charge in [-0.25, -0.2) is 14.4 Å². The highest BCUT2D eigenvalue weighted by atomic mass is 19.1. The number of aromatic amines is 1. The van der Waals surface area contributed by atoms with E-state index in [1.807, 2.05) is 32.2 Å². The van der Waals surface area contributed by atoms with Gasteiger partial charge in [0.2, 0.25) is 0 Å². The SMILES string of the molecule is Cc1cc(N2CCN(Cc3cn[nH]c3-c3cccc(F)c3)CC2)nc(C)n1. The Kier molecular flexibility index (Phi) is 4.85. The number of aryl methyl sites for hydroxylation is 2. The third kappa shape index (κ3) is 3.98. The number of halogens is 1. The van der Waals surface area contributed by atoms with Crippen molar-refractivity contribution in [1.82, 2.24) is 25.1 Å². The van der Waals surface area contributed by atoms with Gasteiger partial charge in [0.25, 0.3) is 0 Å². The van der Waals surface area contributed by atoms with Gasteiger partial charge in [-0.1, -0.05) is 12.1 Å². The molecule has 0 amide bonds. The number of rotatable bonds is 4. The number of H-pyrrole nitrogens is 1. The van der Waals surface area contributed by atoms with Crippen molar-refractivity contribution >= 4 is 5.82 Å². The fourth-order valence-electron chi connectivity index (χ4n) is 3.56. The van der Waals surface area contributed by atoms with Gasteiger partial charge < -0.3 is 4.90 Å². The number of hydrogen-bond acceptors (Lipinski definition) is 5. The van der Waals surface area contributed by atoms with E-state index in [2.05, 4.69) is 30.0 Å². The van der Waals surface area contributed by atoms with Crippen molar-refractivity contribution < 1.29 is 4.39 Å². The molecule has 27 heavy (non-hydrogen) atoms. The third-order valence-electron chi connectivity index (χ3n) is 4.87. The summed E-state index contributed by atoms with van der Waals surface area (Å²) in [7, 11) is 0. The van der Waals surface area contributed by atoms with Crippen LogP contribution in [0.25, 0.3) is 11.3 Å². The molecule has 2 aromatic heterocycles. The first kappa shape index (κ1) is 17.6. The van der Waals surface area contributed by atoms with Crippen molar-refractivity contribution in [3.05, 3.63) is 59.4 Å². The molecule has 0 saturated carbocycles. The lowest BCUT2D eigenvalue weighted by Gasteiger charge is -2.35. The monoisotopic (exact) mass is 366 g/mol. The van der Waals surface area contributed by atoms with Crippen molar-refractivity contribution in [3.8, 4) is 11.3 Å². The van der Waals surface area contributed by atoms with Crippen molar-refractivity contribution in [1.29, 1.82) is 0 Å². The molecule has 0 spiro atoms. The zero-order chi connectivity index (χ0) is 18.8. The highest BCUT2D eigenvalue weighted by molar-refractivity contribution is 5.62. The molecule has 1 saturated heterocycles. The zero-order valence-electron chi connectivity index (χ0n) is 15.6. The molecule has 7 heteroatoms. The van der Waals surface area contributed by atoms with Crippen LogP contribution in [0.3, 0.4) is 0 Å². The van der Waals surface area contributed by atoms with Crippen LogP contribution in [-0.2, 0) is 6.54 Å². The highest BCUT2D eigenvalue weighted by Crippen LogP contribution is 2.24. The van der Waals surface area contributed by atoms with E-state index in [9.17, 15) is 4.39 Å². The molecular formula is C20H23FN6. The average molecular weight is 366 g/mol. The van der Waals surface area contributed by atoms with Gasteiger partial charge in [0.1, 0.15) is 17.5 Å². The van der Waals surface area contributed by atoms with Crippen molar-refractivity contribution in [2.45, 2.75) is 20.4 Å². The molecule has 0 atom stereocenters. The van der Waals surface area contributed by atoms with Gasteiger partial charge in [0.15, 0.2) is 0 Å². The zero-order valence-corrected chi connectivity index (χ0v) is 15.6. The first-order chi connectivity index (χ1) is 13.1. The molecule has 0 aliphatic carbocycles. The summed E-state index contributed by atoms with van der Waals surface area (Å²) < 4.78 is 13.5. The van der Waals surface area contributed by atoms with Crippen molar-refractivity contribution in [3.63, 3.8) is 0 Å². The first-order valence-electron chi connectivity index (χ1n) is 9.16. The van der Waals surface area contributed by atoms with Crippen LogP contribution in [0.2, 0.25) is 0 Å². The second-order valence-corrected chi connectivity index (χ2v) is 6.96. The average Bonchev–Trinajstić information content (AvgIpc) is 3.10. The maximum absolute atomic E-state index is 13.5. The lowest BCUT2D eigenvalue weighted by Crippen LogP contribution is -2.46. The lowest BCUT2D eigenvalue weighted by molar-refractivity contribution is 0.249. The van der Waals surface area contributed by atoms with E-state index in [4.69, 9.17) is 0 Å². The number of nitrogens with one attached hydrogen (secondary N) is 1. The number of nitrogens with zero attached hydrogens (tertiary/aromatic N) is 5. The van der Waals surface area contributed by atoms with Crippen molar-refractivity contribution in [2.24, 2.45) is 0 Å². The van der Waals surface area contributed by atoms with Crippen LogP contribution in [0.5, 0.6) is 0 Å². The van der Waals surface area contributed by atoms with Gasteiger partial charge in [-0.2, -0.15) is 5.10 Å². The Balaban J connectivity index is 1.42. The summed E-state index contributed by atoms with van der Waals surface area (Å²) in [5.74, 6) is 1.58. The molecule has 3 aromatic rings. The minimum absolute atomic E-state index is 0.239. The first-order valence-corrected chi connectivity index (χ1v) is 9.16. The topological polar surface area (TPSA) is 60.9 Å². The van der Waals surface area contributed by atoms with Crippen LogP contribution < -0.4 is 4.90 Å². The van der Waals surface area contributed by atoms with E-state index >= 15 is 0 Å². The van der Waals surface area contributed by atoms with Crippen LogP contribution in [0.1, 0.15) is 17.1 Å². The fourth-order valence-corrected chi connectivity index (χ4v) is 3.56. The second-order valence-electron chi connectivity index (χ2n) is 6.96. The van der Waals surface area contributed by atoms with Gasteiger partial charge in [0, 0.05) is 55.6 Å². The molecule has 1 fully saturated rings. The number of hydrogen-bond donors (Lipinski definition) is 1. The smallest absolute Gasteiger partial charge is 0.132 e. The molecule has 3 heterocycles. The normalized spacial score (nSPS) is 15.3. The van der Waals surface area contributed by atoms with Crippen LogP contribution in [0, 0.1) is 19.7 Å². The van der Waals surface area contributed by atoms with Gasteiger partial charge in [-0.05, 0) is 26.0 Å². The fraction of sp³-hybridized carbons (Fsp3) is 0.350. The summed E-state index contributed by atoms with van der Waals surface area (Å²) >= 11 is 0. The Hall–Kier alpha value is -2.80. The van der Waals surface area contributed by atoms with E-state index in [1.54, 1.807) is 6.07 Å². The van der Waals surface area contributed by atoms with Crippen LogP contribution in [0.4, 0.5) is 10.2 Å². The van der Waals surface area contributed by atoms with Gasteiger partial charge >= 0.3 is 0 Å². The van der Waals surface area contributed by atoms with Crippen molar-refractivity contribution in [2.75, 3.05) is 31.1 Å². The Morgan fingerprint density at radius 1 is 1.07 bits per heavy atom. The standard InChI is InChI=1S/C20H23FN6/c1-14-10-19(24-15(2)23-14)27-8-6-26(7-9-27)13-17-12-22-25-20(17)16-4-3-5-18(21)11-16/h3-5,10-12H,6-9,13H2,1-2H3,(H,22,25). The molecule has 0 unspecified atom stereocenters. The summed E-state index contributed by atoms with van der Waals surface area (Å²) in [6.07, 6.45) is 1.84. The molecule has 0 radical (unpaired) electrons. The summed E-state index contributed by atoms with van der Waals surface area (Å²) in [6, 6.07) is 8.66. The minimum atomic E-state index is -0.239. The molecule has 1 aliphatic heterocycles. The van der Waals surface area contributed by atoms with Crippen LogP contribution in [-0.4, -0.2) is 51.2 Å². The molecule has 1 aromatic carbocycles. The summed E-state index contributed by atoms with van der Waals surface area (Å²) in [6.45, 7) is 8.44. The van der Waals surface area contributed by atoms with E-state index < -0.39 is 0 Å². The molecule has 4 rings (SSSR count). The van der Waals surface area contributed by atoms with E-state index in [1.165, 1.54) is 12.1 Å². The van der Waals surface area contributed by atoms with Gasteiger partial charge in [0.05, 0.1) is 11.9 Å². The van der Waals surface area contributed by atoms with E-state index in [-0.39, 0.29) is 5.82 Å². The molecule has 1 aliphatic rings. The molecule has 1 N–H and O–H groups in total. The molecular weight excluding hydrogens is 343 g/mol. The summed E-state index contributed by atoms with van der Waals surface area (Å²) in [5.41, 5.74) is 3.80. The predicted octanol–water partition coefficient (Wildman–Crippen LogP) is 2.94. The molecule has 140 valence electrons. The Labute approximate surface area is 158 Å². The Morgan fingerprint density at radius 3 is 2.63 bits per heavy atom. The quantitative estimate of drug-likeness (QED) is 0.769. The largest absolute Gasteiger partial charge is 0.354 e. The maximum atomic E-state index is 13.5. The number of aromatic nitrogens is 4. The third-order valence-corrected chi connectivity index (χ3v) is 4.87. The molecule has 6 nitrogen and oxygen atoms in total. The van der Waals surface area contributed by atoms with E-state index in [0.29, 0.717) is 0 Å². The van der Waals surface area contributed by atoms with Gasteiger partial charge in [-0.3, -0.25) is 10.00 Å². The Morgan fingerprint density at radius 2 is 1.89 bits per heavy atom. The van der Waals surface area contributed by atoms with Crippen LogP contribution in [0.15, 0.2) is 36.5 Å². The number of piperazine rings is 1. The molecule has 0 bridgehead atoms. The maximum Gasteiger partial charge on any atom is 0.132 e. The van der Waals surface area contributed by atoms with Gasteiger partial charge in [-0.15, -0.1) is 0 Å². The summed E-state index contributed by atoms with van der Waals surface area (Å²) in [5, 5.41) is 7.19. The highest BCUT2D eigenvalue weighted by Gasteiger charge is 2.20. The Bertz CT molecular complexity index is 909. The van der Waals surface area contributed by atoms with Crippen LogP contribution >= 0.6 is 0 Å². The summed E-state index contributed by atoms with van der Waals surface area (Å²) in [4.78, 5) is 13.6. The minimum Gasteiger partial charge on any atom is -0.354 e. The second kappa shape index (κ2) is 7.44. The van der Waals surface area contributed by atoms with E-state index in [0.717, 1.165) is 66.9 Å². The number of benzene rings is 1. The predicted molar refractivity (Wildman–Crippen MR) is 103 cm³/mol.